The highest BCUT2D eigenvalue weighted by atomic mass is 35.5. The maximum atomic E-state index is 11.8. The molecule has 0 aliphatic carbocycles. The Bertz CT molecular complexity index is 595. The molecule has 1 aromatic carbocycles. The first kappa shape index (κ1) is 12.6. The summed E-state index contributed by atoms with van der Waals surface area (Å²) in [5.41, 5.74) is 0.362. The maximum absolute atomic E-state index is 11.8. The Morgan fingerprint density at radius 1 is 1.22 bits per heavy atom. The Kier molecular flexibility index (Phi) is 3.64. The second-order valence-electron chi connectivity index (χ2n) is 3.46. The number of phenolic OH excluding ortho intramolecular Hbond substituents is 1. The summed E-state index contributed by atoms with van der Waals surface area (Å²) < 4.78 is 0. The van der Waals surface area contributed by atoms with Gasteiger partial charge in [-0.2, -0.15) is 11.3 Å². The van der Waals surface area contributed by atoms with Crippen LogP contribution in [0.4, 0.5) is 0 Å². The molecule has 0 fully saturated rings. The number of rotatable bonds is 2. The summed E-state index contributed by atoms with van der Waals surface area (Å²) in [4.78, 5) is 23.4. The van der Waals surface area contributed by atoms with Crippen molar-refractivity contribution in [3.8, 4) is 5.75 Å². The molecule has 0 bridgehead atoms. The van der Waals surface area contributed by atoms with Crippen LogP contribution in [0.5, 0.6) is 5.75 Å². The number of hydrogen-bond donors (Lipinski definition) is 2. The average molecular weight is 282 g/mol. The number of aromatic hydroxyl groups is 1. The first-order chi connectivity index (χ1) is 8.58. The number of benzene rings is 1. The Hall–Kier alpha value is -1.85. The Labute approximate surface area is 112 Å². The molecule has 2 rings (SSSR count). The van der Waals surface area contributed by atoms with E-state index in [1.807, 2.05) is 0 Å². The van der Waals surface area contributed by atoms with Gasteiger partial charge in [-0.15, -0.1) is 0 Å². The molecule has 2 N–H and O–H groups in total. The standard InChI is InChI=1S/C12H8ClNO3S/c13-8-1-2-10(15)9(5-8)12(17)14-11(16)7-3-4-18-6-7/h1-6,15H,(H,14,16,17). The molecule has 1 aromatic heterocycles. The molecule has 1 heterocycles. The zero-order chi connectivity index (χ0) is 13.1. The fourth-order valence-corrected chi connectivity index (χ4v) is 2.13. The van der Waals surface area contributed by atoms with Crippen LogP contribution in [0.25, 0.3) is 0 Å². The highest BCUT2D eigenvalue weighted by Gasteiger charge is 2.16. The zero-order valence-corrected chi connectivity index (χ0v) is 10.6. The number of amides is 2. The number of carbonyl (C=O) groups is 2. The molecule has 0 radical (unpaired) electrons. The number of thiophene rings is 1. The number of nitrogens with one attached hydrogen (secondary N) is 1. The largest absolute Gasteiger partial charge is 0.507 e. The van der Waals surface area contributed by atoms with Crippen LogP contribution in [-0.4, -0.2) is 16.9 Å². The molecule has 92 valence electrons. The van der Waals surface area contributed by atoms with Gasteiger partial charge in [-0.25, -0.2) is 0 Å². The Balaban J connectivity index is 2.17. The van der Waals surface area contributed by atoms with Crippen LogP contribution in [0.2, 0.25) is 5.02 Å². The van der Waals surface area contributed by atoms with Crippen molar-refractivity contribution in [2.45, 2.75) is 0 Å². The van der Waals surface area contributed by atoms with Crippen molar-refractivity contribution < 1.29 is 14.7 Å². The lowest BCUT2D eigenvalue weighted by atomic mass is 10.2. The van der Waals surface area contributed by atoms with Crippen LogP contribution in [0, 0.1) is 0 Å². The van der Waals surface area contributed by atoms with Crippen molar-refractivity contribution in [3.63, 3.8) is 0 Å². The number of halogens is 1. The maximum Gasteiger partial charge on any atom is 0.261 e. The van der Waals surface area contributed by atoms with Crippen LogP contribution in [-0.2, 0) is 0 Å². The van der Waals surface area contributed by atoms with Crippen molar-refractivity contribution >= 4 is 34.8 Å². The monoisotopic (exact) mass is 281 g/mol. The molecule has 6 heteroatoms. The minimum Gasteiger partial charge on any atom is -0.507 e. The summed E-state index contributed by atoms with van der Waals surface area (Å²) in [7, 11) is 0. The smallest absolute Gasteiger partial charge is 0.261 e. The topological polar surface area (TPSA) is 66.4 Å². The van der Waals surface area contributed by atoms with E-state index in [9.17, 15) is 14.7 Å². The fraction of sp³-hybridized carbons (Fsp3) is 0. The van der Waals surface area contributed by atoms with Crippen LogP contribution in [0.3, 0.4) is 0 Å². The molecule has 0 spiro atoms. The minimum absolute atomic E-state index is 0.0360. The molecule has 0 saturated heterocycles. The Morgan fingerprint density at radius 3 is 2.67 bits per heavy atom. The predicted molar refractivity (Wildman–Crippen MR) is 69.2 cm³/mol. The highest BCUT2D eigenvalue weighted by Crippen LogP contribution is 2.21. The first-order valence-corrected chi connectivity index (χ1v) is 6.26. The van der Waals surface area contributed by atoms with E-state index in [1.54, 1.807) is 16.8 Å². The fourth-order valence-electron chi connectivity index (χ4n) is 1.33. The molecule has 18 heavy (non-hydrogen) atoms. The summed E-state index contributed by atoms with van der Waals surface area (Å²) >= 11 is 7.08. The van der Waals surface area contributed by atoms with Crippen LogP contribution in [0.1, 0.15) is 20.7 Å². The van der Waals surface area contributed by atoms with Gasteiger partial charge in [0.05, 0.1) is 11.1 Å². The highest BCUT2D eigenvalue weighted by molar-refractivity contribution is 7.08. The van der Waals surface area contributed by atoms with Crippen molar-refractivity contribution in [2.75, 3.05) is 0 Å². The van der Waals surface area contributed by atoms with Gasteiger partial charge in [0.1, 0.15) is 5.75 Å². The number of phenols is 1. The summed E-state index contributed by atoms with van der Waals surface area (Å²) in [5.74, 6) is -1.43. The molecule has 0 saturated carbocycles. The number of carbonyl (C=O) groups excluding carboxylic acids is 2. The molecule has 0 unspecified atom stereocenters. The van der Waals surface area contributed by atoms with E-state index in [4.69, 9.17) is 11.6 Å². The van der Waals surface area contributed by atoms with E-state index >= 15 is 0 Å². The molecular formula is C12H8ClNO3S. The zero-order valence-electron chi connectivity index (χ0n) is 9.01. The molecule has 2 amide bonds. The third kappa shape index (κ3) is 2.69. The second kappa shape index (κ2) is 5.20. The van der Waals surface area contributed by atoms with Gasteiger partial charge in [-0.05, 0) is 29.6 Å². The SMILES string of the molecule is O=C(NC(=O)c1cc(Cl)ccc1O)c1ccsc1. The van der Waals surface area contributed by atoms with Gasteiger partial charge < -0.3 is 5.11 Å². The lowest BCUT2D eigenvalue weighted by Crippen LogP contribution is -2.30. The summed E-state index contributed by atoms with van der Waals surface area (Å²) in [6.45, 7) is 0. The van der Waals surface area contributed by atoms with Gasteiger partial charge in [-0.3, -0.25) is 14.9 Å². The van der Waals surface area contributed by atoms with E-state index < -0.39 is 11.8 Å². The van der Waals surface area contributed by atoms with Crippen LogP contribution < -0.4 is 5.32 Å². The van der Waals surface area contributed by atoms with E-state index in [0.717, 1.165) is 0 Å². The third-order valence-corrected chi connectivity index (χ3v) is 3.13. The lowest BCUT2D eigenvalue weighted by molar-refractivity contribution is 0.0848. The quantitative estimate of drug-likeness (QED) is 0.832. The summed E-state index contributed by atoms with van der Waals surface area (Å²) in [5, 5.41) is 15.4. The predicted octanol–water partition coefficient (Wildman–Crippen LogP) is 2.68. The number of imide groups is 1. The lowest BCUT2D eigenvalue weighted by Gasteiger charge is -2.05. The third-order valence-electron chi connectivity index (χ3n) is 2.21. The van der Waals surface area contributed by atoms with E-state index in [0.29, 0.717) is 10.6 Å². The van der Waals surface area contributed by atoms with Crippen LogP contribution in [0.15, 0.2) is 35.0 Å². The molecule has 2 aromatic rings. The molecular weight excluding hydrogens is 274 g/mol. The van der Waals surface area contributed by atoms with E-state index in [-0.39, 0.29) is 11.3 Å². The molecule has 0 atom stereocenters. The van der Waals surface area contributed by atoms with Gasteiger partial charge in [0.2, 0.25) is 0 Å². The van der Waals surface area contributed by atoms with Crippen molar-refractivity contribution in [3.05, 3.63) is 51.2 Å². The molecule has 4 nitrogen and oxygen atoms in total. The van der Waals surface area contributed by atoms with E-state index in [1.165, 1.54) is 29.5 Å². The van der Waals surface area contributed by atoms with Gasteiger partial charge in [0, 0.05) is 10.4 Å². The van der Waals surface area contributed by atoms with Crippen molar-refractivity contribution in [2.24, 2.45) is 0 Å². The minimum atomic E-state index is -0.689. The average Bonchev–Trinajstić information content (AvgIpc) is 2.85. The van der Waals surface area contributed by atoms with Crippen LogP contribution >= 0.6 is 22.9 Å². The van der Waals surface area contributed by atoms with Crippen molar-refractivity contribution in [1.82, 2.24) is 5.32 Å². The van der Waals surface area contributed by atoms with Crippen molar-refractivity contribution in [1.29, 1.82) is 0 Å². The van der Waals surface area contributed by atoms with E-state index in [2.05, 4.69) is 5.32 Å². The summed E-state index contributed by atoms with van der Waals surface area (Å²) in [6, 6.07) is 5.65. The summed E-state index contributed by atoms with van der Waals surface area (Å²) in [6.07, 6.45) is 0. The van der Waals surface area contributed by atoms with Gasteiger partial charge in [0.15, 0.2) is 0 Å². The molecule has 0 aliphatic heterocycles. The Morgan fingerprint density at radius 2 is 2.00 bits per heavy atom. The van der Waals surface area contributed by atoms with Gasteiger partial charge in [-0.1, -0.05) is 11.6 Å². The molecule has 0 aliphatic rings. The van der Waals surface area contributed by atoms with Gasteiger partial charge in [0.25, 0.3) is 11.8 Å². The number of hydrogen-bond acceptors (Lipinski definition) is 4. The first-order valence-electron chi connectivity index (χ1n) is 4.94. The van der Waals surface area contributed by atoms with Gasteiger partial charge >= 0.3 is 0 Å². The second-order valence-corrected chi connectivity index (χ2v) is 4.67. The normalized spacial score (nSPS) is 10.1.